The fourth-order valence-corrected chi connectivity index (χ4v) is 2.27. The SMILES string of the molecule is CC1(C)CC(c2cc(Cl)cnc2F)OC1(C)C. The van der Waals surface area contributed by atoms with E-state index in [1.807, 2.05) is 13.8 Å². The maximum Gasteiger partial charge on any atom is 0.218 e. The maximum atomic E-state index is 13.7. The molecule has 1 unspecified atom stereocenters. The molecule has 0 amide bonds. The summed E-state index contributed by atoms with van der Waals surface area (Å²) in [5.41, 5.74) is 0.162. The Bertz CT molecular complexity index is 429. The van der Waals surface area contributed by atoms with Gasteiger partial charge in [0.25, 0.3) is 0 Å². The Labute approximate surface area is 106 Å². The van der Waals surface area contributed by atoms with Gasteiger partial charge in [-0.2, -0.15) is 4.39 Å². The third-order valence-electron chi connectivity index (χ3n) is 3.94. The van der Waals surface area contributed by atoms with E-state index in [2.05, 4.69) is 18.8 Å². The number of hydrogen-bond donors (Lipinski definition) is 0. The van der Waals surface area contributed by atoms with Crippen molar-refractivity contribution in [3.05, 3.63) is 28.8 Å². The molecule has 1 atom stereocenters. The fraction of sp³-hybridized carbons (Fsp3) is 0.615. The van der Waals surface area contributed by atoms with Crippen molar-refractivity contribution >= 4 is 11.6 Å². The quantitative estimate of drug-likeness (QED) is 0.706. The first-order valence-electron chi connectivity index (χ1n) is 5.72. The number of pyridine rings is 1. The van der Waals surface area contributed by atoms with Crippen LogP contribution in [0.2, 0.25) is 5.02 Å². The lowest BCUT2D eigenvalue weighted by Crippen LogP contribution is -2.34. The molecule has 1 fully saturated rings. The van der Waals surface area contributed by atoms with Crippen molar-refractivity contribution in [1.82, 2.24) is 4.98 Å². The zero-order valence-electron chi connectivity index (χ0n) is 10.6. The molecule has 0 N–H and O–H groups in total. The van der Waals surface area contributed by atoms with Crippen LogP contribution in [-0.4, -0.2) is 10.6 Å². The van der Waals surface area contributed by atoms with E-state index in [4.69, 9.17) is 16.3 Å². The van der Waals surface area contributed by atoms with Crippen LogP contribution in [0.25, 0.3) is 0 Å². The monoisotopic (exact) mass is 257 g/mol. The summed E-state index contributed by atoms with van der Waals surface area (Å²) >= 11 is 5.85. The second kappa shape index (κ2) is 3.92. The third kappa shape index (κ3) is 2.18. The van der Waals surface area contributed by atoms with E-state index in [0.29, 0.717) is 10.6 Å². The van der Waals surface area contributed by atoms with E-state index in [9.17, 15) is 4.39 Å². The lowest BCUT2D eigenvalue weighted by molar-refractivity contribution is -0.0533. The van der Waals surface area contributed by atoms with Gasteiger partial charge in [-0.25, -0.2) is 4.98 Å². The summed E-state index contributed by atoms with van der Waals surface area (Å²) in [6.07, 6.45) is 1.80. The molecule has 1 aliphatic heterocycles. The summed E-state index contributed by atoms with van der Waals surface area (Å²) in [7, 11) is 0. The van der Waals surface area contributed by atoms with E-state index >= 15 is 0 Å². The van der Waals surface area contributed by atoms with Crippen LogP contribution in [0.4, 0.5) is 4.39 Å². The van der Waals surface area contributed by atoms with Gasteiger partial charge >= 0.3 is 0 Å². The van der Waals surface area contributed by atoms with Crippen molar-refractivity contribution in [3.63, 3.8) is 0 Å². The van der Waals surface area contributed by atoms with Gasteiger partial charge < -0.3 is 4.74 Å². The molecule has 0 aliphatic carbocycles. The van der Waals surface area contributed by atoms with Crippen molar-refractivity contribution in [1.29, 1.82) is 0 Å². The molecule has 1 aliphatic rings. The molecule has 0 radical (unpaired) electrons. The summed E-state index contributed by atoms with van der Waals surface area (Å²) in [5, 5.41) is 0.438. The minimum absolute atomic E-state index is 0.00752. The van der Waals surface area contributed by atoms with Crippen LogP contribution in [-0.2, 0) is 4.74 Å². The molecule has 0 spiro atoms. The highest BCUT2D eigenvalue weighted by Gasteiger charge is 2.48. The molecular formula is C13H17ClFNO. The van der Waals surface area contributed by atoms with Crippen molar-refractivity contribution in [2.75, 3.05) is 0 Å². The van der Waals surface area contributed by atoms with Gasteiger partial charge in [-0.3, -0.25) is 0 Å². The molecule has 2 nitrogen and oxygen atoms in total. The van der Waals surface area contributed by atoms with Crippen LogP contribution in [0.5, 0.6) is 0 Å². The van der Waals surface area contributed by atoms with Gasteiger partial charge in [0.2, 0.25) is 5.95 Å². The predicted molar refractivity (Wildman–Crippen MR) is 65.5 cm³/mol. The summed E-state index contributed by atoms with van der Waals surface area (Å²) in [6, 6.07) is 1.60. The lowest BCUT2D eigenvalue weighted by Gasteiger charge is -2.32. The van der Waals surface area contributed by atoms with Gasteiger partial charge in [-0.1, -0.05) is 25.4 Å². The van der Waals surface area contributed by atoms with Gasteiger partial charge in [0.1, 0.15) is 0 Å². The molecule has 0 aromatic carbocycles. The molecule has 1 aromatic rings. The van der Waals surface area contributed by atoms with Gasteiger partial charge in [0, 0.05) is 11.8 Å². The molecule has 2 rings (SSSR count). The van der Waals surface area contributed by atoms with E-state index < -0.39 is 5.95 Å². The van der Waals surface area contributed by atoms with Crippen molar-refractivity contribution in [2.24, 2.45) is 5.41 Å². The Morgan fingerprint density at radius 2 is 2.06 bits per heavy atom. The molecule has 0 bridgehead atoms. The summed E-state index contributed by atoms with van der Waals surface area (Å²) in [6.45, 7) is 8.32. The Morgan fingerprint density at radius 1 is 1.41 bits per heavy atom. The molecule has 2 heterocycles. The number of ether oxygens (including phenoxy) is 1. The highest BCUT2D eigenvalue weighted by atomic mass is 35.5. The van der Waals surface area contributed by atoms with Crippen LogP contribution in [0, 0.1) is 11.4 Å². The van der Waals surface area contributed by atoms with Crippen LogP contribution in [0.15, 0.2) is 12.3 Å². The van der Waals surface area contributed by atoms with Crippen LogP contribution < -0.4 is 0 Å². The summed E-state index contributed by atoms with van der Waals surface area (Å²) < 4.78 is 19.6. The topological polar surface area (TPSA) is 22.1 Å². The minimum atomic E-state index is -0.493. The zero-order valence-corrected chi connectivity index (χ0v) is 11.3. The van der Waals surface area contributed by atoms with Crippen molar-refractivity contribution < 1.29 is 9.13 Å². The molecular weight excluding hydrogens is 241 g/mol. The van der Waals surface area contributed by atoms with E-state index in [0.717, 1.165) is 6.42 Å². The molecule has 4 heteroatoms. The molecule has 1 saturated heterocycles. The van der Waals surface area contributed by atoms with Crippen molar-refractivity contribution in [3.8, 4) is 0 Å². The Hall–Kier alpha value is -0.670. The lowest BCUT2D eigenvalue weighted by atomic mass is 9.76. The van der Waals surface area contributed by atoms with Crippen LogP contribution >= 0.6 is 11.6 Å². The number of halogens is 2. The summed E-state index contributed by atoms with van der Waals surface area (Å²) in [5.74, 6) is -0.493. The van der Waals surface area contributed by atoms with Crippen LogP contribution in [0.1, 0.15) is 45.8 Å². The average Bonchev–Trinajstić information content (AvgIpc) is 2.40. The largest absolute Gasteiger partial charge is 0.367 e. The first-order valence-corrected chi connectivity index (χ1v) is 6.09. The molecule has 0 saturated carbocycles. The van der Waals surface area contributed by atoms with Gasteiger partial charge in [0.15, 0.2) is 0 Å². The average molecular weight is 258 g/mol. The van der Waals surface area contributed by atoms with E-state index in [1.165, 1.54) is 6.20 Å². The minimum Gasteiger partial charge on any atom is -0.367 e. The normalized spacial score (nSPS) is 26.1. The zero-order chi connectivity index (χ0) is 12.8. The van der Waals surface area contributed by atoms with E-state index in [-0.39, 0.29) is 17.1 Å². The molecule has 1 aromatic heterocycles. The highest BCUT2D eigenvalue weighted by Crippen LogP contribution is 2.51. The summed E-state index contributed by atoms with van der Waals surface area (Å²) in [4.78, 5) is 3.64. The standard InChI is InChI=1S/C13H17ClFNO/c1-12(2)6-10(17-13(12,3)4)9-5-8(14)7-16-11(9)15/h5,7,10H,6H2,1-4H3. The second-order valence-electron chi connectivity index (χ2n) is 5.74. The number of nitrogens with zero attached hydrogens (tertiary/aromatic N) is 1. The molecule has 17 heavy (non-hydrogen) atoms. The Morgan fingerprint density at radius 3 is 2.59 bits per heavy atom. The predicted octanol–water partition coefficient (Wildman–Crippen LogP) is 4.14. The Kier molecular flexibility index (Phi) is 2.95. The number of rotatable bonds is 1. The van der Waals surface area contributed by atoms with Crippen molar-refractivity contribution in [2.45, 2.75) is 45.8 Å². The maximum absolute atomic E-state index is 13.7. The van der Waals surface area contributed by atoms with Gasteiger partial charge in [0.05, 0.1) is 16.7 Å². The van der Waals surface area contributed by atoms with Gasteiger partial charge in [-0.15, -0.1) is 0 Å². The highest BCUT2D eigenvalue weighted by molar-refractivity contribution is 6.30. The van der Waals surface area contributed by atoms with Gasteiger partial charge in [-0.05, 0) is 31.7 Å². The smallest absolute Gasteiger partial charge is 0.218 e. The third-order valence-corrected chi connectivity index (χ3v) is 4.15. The Balaban J connectivity index is 2.35. The second-order valence-corrected chi connectivity index (χ2v) is 6.17. The molecule has 94 valence electrons. The first kappa shape index (κ1) is 12.8. The van der Waals surface area contributed by atoms with Crippen LogP contribution in [0.3, 0.4) is 0 Å². The number of hydrogen-bond acceptors (Lipinski definition) is 2. The number of aromatic nitrogens is 1. The van der Waals surface area contributed by atoms with E-state index in [1.54, 1.807) is 6.07 Å². The fourth-order valence-electron chi connectivity index (χ4n) is 2.10. The first-order chi connectivity index (χ1) is 7.73.